The summed E-state index contributed by atoms with van der Waals surface area (Å²) in [5.74, 6) is 1.97. The number of aryl methyl sites for hydroxylation is 1. The summed E-state index contributed by atoms with van der Waals surface area (Å²) in [7, 11) is 0. The van der Waals surface area contributed by atoms with Crippen LogP contribution in [0.15, 0.2) is 41.0 Å². The monoisotopic (exact) mass is 311 g/mol. The van der Waals surface area contributed by atoms with Crippen LogP contribution in [0.1, 0.15) is 11.3 Å². The van der Waals surface area contributed by atoms with Crippen molar-refractivity contribution in [2.24, 2.45) is 0 Å². The number of pyridine rings is 1. The number of ether oxygens (including phenoxy) is 1. The Labute approximate surface area is 114 Å². The summed E-state index contributed by atoms with van der Waals surface area (Å²) in [6.45, 7) is 2.00. The van der Waals surface area contributed by atoms with Crippen molar-refractivity contribution in [3.63, 3.8) is 0 Å². The van der Waals surface area contributed by atoms with Crippen molar-refractivity contribution in [3.8, 4) is 11.5 Å². The molecule has 0 aliphatic rings. The molecular formula is C13H11BrClNO. The molecular weight excluding hydrogens is 302 g/mol. The molecule has 0 radical (unpaired) electrons. The van der Waals surface area contributed by atoms with Gasteiger partial charge >= 0.3 is 0 Å². The van der Waals surface area contributed by atoms with E-state index in [4.69, 9.17) is 16.3 Å². The van der Waals surface area contributed by atoms with Crippen molar-refractivity contribution < 1.29 is 4.74 Å². The third kappa shape index (κ3) is 3.20. The first-order valence-corrected chi connectivity index (χ1v) is 6.46. The van der Waals surface area contributed by atoms with Crippen LogP contribution in [0, 0.1) is 6.92 Å². The van der Waals surface area contributed by atoms with Gasteiger partial charge in [0.2, 0.25) is 0 Å². The molecule has 0 aliphatic heterocycles. The van der Waals surface area contributed by atoms with Crippen LogP contribution in [-0.4, -0.2) is 4.98 Å². The third-order valence-corrected chi connectivity index (χ3v) is 3.06. The van der Waals surface area contributed by atoms with Crippen LogP contribution in [0.3, 0.4) is 0 Å². The molecule has 1 heterocycles. The van der Waals surface area contributed by atoms with Crippen LogP contribution < -0.4 is 4.74 Å². The predicted molar refractivity (Wildman–Crippen MR) is 72.7 cm³/mol. The van der Waals surface area contributed by atoms with Gasteiger partial charge in [-0.2, -0.15) is 0 Å². The summed E-state index contributed by atoms with van der Waals surface area (Å²) in [4.78, 5) is 4.12. The Balaban J connectivity index is 2.25. The van der Waals surface area contributed by atoms with Crippen LogP contribution in [0.2, 0.25) is 0 Å². The third-order valence-electron chi connectivity index (χ3n) is 2.29. The fraction of sp³-hybridized carbons (Fsp3) is 0.154. The Bertz CT molecular complexity index is 531. The molecule has 0 bridgehead atoms. The normalized spacial score (nSPS) is 10.3. The smallest absolute Gasteiger partial charge is 0.130 e. The number of halogens is 2. The van der Waals surface area contributed by atoms with Crippen molar-refractivity contribution in [1.29, 1.82) is 0 Å². The average Bonchev–Trinajstić information content (AvgIpc) is 2.33. The molecule has 0 saturated heterocycles. The van der Waals surface area contributed by atoms with Crippen LogP contribution in [0.25, 0.3) is 0 Å². The van der Waals surface area contributed by atoms with Gasteiger partial charge in [-0.1, -0.05) is 15.9 Å². The molecule has 0 atom stereocenters. The van der Waals surface area contributed by atoms with Gasteiger partial charge in [-0.25, -0.2) is 0 Å². The summed E-state index contributed by atoms with van der Waals surface area (Å²) in [5.41, 5.74) is 1.88. The fourth-order valence-corrected chi connectivity index (χ4v) is 2.07. The topological polar surface area (TPSA) is 22.1 Å². The Morgan fingerprint density at radius 1 is 1.29 bits per heavy atom. The molecule has 0 saturated carbocycles. The number of alkyl halides is 1. The quantitative estimate of drug-likeness (QED) is 0.767. The summed E-state index contributed by atoms with van der Waals surface area (Å²) in [6, 6.07) is 9.55. The molecule has 2 aromatic rings. The summed E-state index contributed by atoms with van der Waals surface area (Å²) >= 11 is 9.15. The molecule has 0 fully saturated rings. The Kier molecular flexibility index (Phi) is 4.02. The second kappa shape index (κ2) is 5.52. The number of nitrogens with zero attached hydrogens (tertiary/aromatic N) is 1. The Morgan fingerprint density at radius 3 is 2.82 bits per heavy atom. The van der Waals surface area contributed by atoms with Gasteiger partial charge in [-0.05, 0) is 36.8 Å². The molecule has 0 amide bonds. The highest BCUT2D eigenvalue weighted by molar-refractivity contribution is 9.10. The number of aromatic nitrogens is 1. The van der Waals surface area contributed by atoms with E-state index >= 15 is 0 Å². The lowest BCUT2D eigenvalue weighted by Gasteiger charge is -2.09. The van der Waals surface area contributed by atoms with Crippen LogP contribution >= 0.6 is 27.5 Å². The highest BCUT2D eigenvalue weighted by atomic mass is 79.9. The summed E-state index contributed by atoms with van der Waals surface area (Å²) in [5, 5.41) is 0. The lowest BCUT2D eigenvalue weighted by molar-refractivity contribution is 0.477. The van der Waals surface area contributed by atoms with Gasteiger partial charge in [0.25, 0.3) is 0 Å². The fourth-order valence-electron chi connectivity index (χ4n) is 1.45. The standard InChI is InChI=1S/C13H11BrClNO/c1-9-6-10(14)2-3-13(9)17-12-4-5-16-11(7-12)8-15/h2-7H,8H2,1H3. The van der Waals surface area contributed by atoms with Gasteiger partial charge in [0.05, 0.1) is 11.6 Å². The van der Waals surface area contributed by atoms with E-state index < -0.39 is 0 Å². The first-order valence-electron chi connectivity index (χ1n) is 5.14. The zero-order valence-corrected chi connectivity index (χ0v) is 11.6. The first-order chi connectivity index (χ1) is 8.19. The van der Waals surface area contributed by atoms with Crippen molar-refractivity contribution in [2.45, 2.75) is 12.8 Å². The number of rotatable bonds is 3. The number of hydrogen-bond donors (Lipinski definition) is 0. The largest absolute Gasteiger partial charge is 0.457 e. The average molecular weight is 313 g/mol. The van der Waals surface area contributed by atoms with E-state index in [-0.39, 0.29) is 0 Å². The van der Waals surface area contributed by atoms with Gasteiger partial charge in [0.1, 0.15) is 11.5 Å². The minimum atomic E-state index is 0.385. The maximum atomic E-state index is 5.79. The Hall–Kier alpha value is -1.06. The van der Waals surface area contributed by atoms with E-state index in [1.165, 1.54) is 0 Å². The van der Waals surface area contributed by atoms with Crippen molar-refractivity contribution in [1.82, 2.24) is 4.98 Å². The molecule has 17 heavy (non-hydrogen) atoms. The molecule has 0 N–H and O–H groups in total. The molecule has 0 aliphatic carbocycles. The molecule has 0 unspecified atom stereocenters. The summed E-state index contributed by atoms with van der Waals surface area (Å²) in [6.07, 6.45) is 1.70. The second-order valence-corrected chi connectivity index (χ2v) is 4.81. The van der Waals surface area contributed by atoms with E-state index in [9.17, 15) is 0 Å². The minimum Gasteiger partial charge on any atom is -0.457 e. The number of hydrogen-bond acceptors (Lipinski definition) is 2. The Morgan fingerprint density at radius 2 is 2.12 bits per heavy atom. The van der Waals surface area contributed by atoms with Gasteiger partial charge in [0.15, 0.2) is 0 Å². The van der Waals surface area contributed by atoms with Gasteiger partial charge < -0.3 is 4.74 Å². The lowest BCUT2D eigenvalue weighted by atomic mass is 10.2. The second-order valence-electron chi connectivity index (χ2n) is 3.63. The summed E-state index contributed by atoms with van der Waals surface area (Å²) < 4.78 is 6.83. The molecule has 2 nitrogen and oxygen atoms in total. The number of benzene rings is 1. The van der Waals surface area contributed by atoms with E-state index in [0.717, 1.165) is 27.2 Å². The molecule has 4 heteroatoms. The van der Waals surface area contributed by atoms with Crippen molar-refractivity contribution >= 4 is 27.5 Å². The maximum absolute atomic E-state index is 5.79. The van der Waals surface area contributed by atoms with Crippen LogP contribution in [0.4, 0.5) is 0 Å². The van der Waals surface area contributed by atoms with E-state index in [1.54, 1.807) is 6.20 Å². The minimum absolute atomic E-state index is 0.385. The maximum Gasteiger partial charge on any atom is 0.130 e. The molecule has 88 valence electrons. The van der Waals surface area contributed by atoms with E-state index in [0.29, 0.717) is 5.88 Å². The van der Waals surface area contributed by atoms with Crippen LogP contribution in [-0.2, 0) is 5.88 Å². The molecule has 2 rings (SSSR count). The molecule has 1 aromatic carbocycles. The van der Waals surface area contributed by atoms with Gasteiger partial charge in [-0.3, -0.25) is 4.98 Å². The zero-order chi connectivity index (χ0) is 12.3. The van der Waals surface area contributed by atoms with Crippen LogP contribution in [0.5, 0.6) is 11.5 Å². The zero-order valence-electron chi connectivity index (χ0n) is 9.28. The lowest BCUT2D eigenvalue weighted by Crippen LogP contribution is -1.90. The van der Waals surface area contributed by atoms with Gasteiger partial charge in [-0.15, -0.1) is 11.6 Å². The van der Waals surface area contributed by atoms with E-state index in [2.05, 4.69) is 20.9 Å². The first kappa shape index (κ1) is 12.4. The molecule has 0 spiro atoms. The highest BCUT2D eigenvalue weighted by Crippen LogP contribution is 2.27. The molecule has 1 aromatic heterocycles. The van der Waals surface area contributed by atoms with Gasteiger partial charge in [0, 0.05) is 16.7 Å². The van der Waals surface area contributed by atoms with Crippen molar-refractivity contribution in [3.05, 3.63) is 52.3 Å². The van der Waals surface area contributed by atoms with E-state index in [1.807, 2.05) is 37.3 Å². The predicted octanol–water partition coefficient (Wildman–Crippen LogP) is 4.68. The highest BCUT2D eigenvalue weighted by Gasteiger charge is 2.03. The van der Waals surface area contributed by atoms with Crippen molar-refractivity contribution in [2.75, 3.05) is 0 Å². The SMILES string of the molecule is Cc1cc(Br)ccc1Oc1ccnc(CCl)c1.